The monoisotopic (exact) mass is 401 g/mol. The summed E-state index contributed by atoms with van der Waals surface area (Å²) in [4.78, 5) is 27.5. The van der Waals surface area contributed by atoms with E-state index in [2.05, 4.69) is 4.98 Å². The lowest BCUT2D eigenvalue weighted by molar-refractivity contribution is -0.385. The van der Waals surface area contributed by atoms with Crippen molar-refractivity contribution in [3.63, 3.8) is 0 Å². The Morgan fingerprint density at radius 1 is 1.26 bits per heavy atom. The summed E-state index contributed by atoms with van der Waals surface area (Å²) < 4.78 is 5.65. The van der Waals surface area contributed by atoms with Gasteiger partial charge in [-0.1, -0.05) is 35.9 Å². The van der Waals surface area contributed by atoms with Crippen molar-refractivity contribution >= 4 is 34.5 Å². The summed E-state index contributed by atoms with van der Waals surface area (Å²) in [6.45, 7) is 0. The third kappa shape index (κ3) is 2.87. The van der Waals surface area contributed by atoms with Crippen LogP contribution in [-0.4, -0.2) is 15.8 Å². The highest BCUT2D eigenvalue weighted by Gasteiger charge is 2.67. The van der Waals surface area contributed by atoms with Gasteiger partial charge in [0.15, 0.2) is 0 Å². The number of ether oxygens (including phenoxy) is 1. The first-order valence-corrected chi connectivity index (χ1v) is 9.12. The van der Waals surface area contributed by atoms with Gasteiger partial charge in [0.1, 0.15) is 11.1 Å². The van der Waals surface area contributed by atoms with Crippen molar-refractivity contribution < 1.29 is 14.5 Å². The van der Waals surface area contributed by atoms with Crippen molar-refractivity contribution in [2.45, 2.75) is 11.7 Å². The van der Waals surface area contributed by atoms with Crippen molar-refractivity contribution in [2.24, 2.45) is 5.73 Å². The number of halogens is 1. The fourth-order valence-electron chi connectivity index (χ4n) is 2.96. The van der Waals surface area contributed by atoms with Crippen molar-refractivity contribution in [1.82, 2.24) is 4.98 Å². The molecule has 0 aliphatic carbocycles. The molecular formula is C18H12ClN3O4S. The molecule has 2 heterocycles. The van der Waals surface area contributed by atoms with Gasteiger partial charge < -0.3 is 10.5 Å². The van der Waals surface area contributed by atoms with Crippen LogP contribution >= 0.6 is 22.9 Å². The molecular weight excluding hydrogens is 390 g/mol. The van der Waals surface area contributed by atoms with E-state index in [0.717, 1.165) is 5.56 Å². The van der Waals surface area contributed by atoms with Gasteiger partial charge in [-0.05, 0) is 18.2 Å². The van der Waals surface area contributed by atoms with E-state index >= 15 is 0 Å². The van der Waals surface area contributed by atoms with Crippen LogP contribution in [0.4, 0.5) is 5.69 Å². The maximum absolute atomic E-state index is 12.2. The van der Waals surface area contributed by atoms with Crippen molar-refractivity contribution in [3.8, 4) is 11.3 Å². The molecule has 0 radical (unpaired) electrons. The molecule has 1 amide bonds. The van der Waals surface area contributed by atoms with Crippen LogP contribution in [0.3, 0.4) is 0 Å². The Bertz CT molecular complexity index is 1050. The highest BCUT2D eigenvalue weighted by atomic mass is 35.5. The van der Waals surface area contributed by atoms with E-state index in [-0.39, 0.29) is 5.69 Å². The number of epoxide rings is 1. The first kappa shape index (κ1) is 17.6. The Morgan fingerprint density at radius 2 is 1.96 bits per heavy atom. The van der Waals surface area contributed by atoms with Gasteiger partial charge in [-0.25, -0.2) is 4.98 Å². The number of benzene rings is 2. The Morgan fingerprint density at radius 3 is 2.63 bits per heavy atom. The minimum absolute atomic E-state index is 0.125. The molecule has 2 atom stereocenters. The van der Waals surface area contributed by atoms with Crippen LogP contribution in [0.15, 0.2) is 53.9 Å². The predicted molar refractivity (Wildman–Crippen MR) is 100 cm³/mol. The van der Waals surface area contributed by atoms with E-state index in [0.29, 0.717) is 21.3 Å². The number of primary amides is 1. The average Bonchev–Trinajstić information content (AvgIpc) is 3.23. The lowest BCUT2D eigenvalue weighted by Gasteiger charge is -2.06. The number of nitrogens with two attached hydrogens (primary N) is 1. The van der Waals surface area contributed by atoms with Crippen LogP contribution in [0.2, 0.25) is 5.02 Å². The molecule has 136 valence electrons. The fraction of sp³-hybridized carbons (Fsp3) is 0.111. The zero-order valence-electron chi connectivity index (χ0n) is 13.7. The van der Waals surface area contributed by atoms with E-state index in [4.69, 9.17) is 22.1 Å². The summed E-state index contributed by atoms with van der Waals surface area (Å²) in [5, 5.41) is 14.0. The van der Waals surface area contributed by atoms with Crippen molar-refractivity contribution in [1.29, 1.82) is 0 Å². The third-order valence-electron chi connectivity index (χ3n) is 4.36. The number of thiazole rings is 1. The summed E-state index contributed by atoms with van der Waals surface area (Å²) in [5.74, 6) is -0.734. The van der Waals surface area contributed by atoms with E-state index in [1.54, 1.807) is 35.7 Å². The van der Waals surface area contributed by atoms with Gasteiger partial charge in [0.05, 0.1) is 16.2 Å². The largest absolute Gasteiger partial charge is 0.367 e. The van der Waals surface area contributed by atoms with Crippen LogP contribution in [-0.2, 0) is 15.1 Å². The van der Waals surface area contributed by atoms with E-state index in [1.807, 2.05) is 12.1 Å². The lowest BCUT2D eigenvalue weighted by Crippen LogP contribution is -2.30. The number of nitro groups is 1. The summed E-state index contributed by atoms with van der Waals surface area (Å²) in [5.41, 5.74) is 5.74. The number of rotatable bonds is 5. The number of hydrogen-bond acceptors (Lipinski definition) is 6. The molecule has 0 unspecified atom stereocenters. The van der Waals surface area contributed by atoms with Crippen molar-refractivity contribution in [2.75, 3.05) is 0 Å². The second-order valence-electron chi connectivity index (χ2n) is 5.96. The molecule has 3 aromatic rings. The van der Waals surface area contributed by atoms with Gasteiger partial charge in [0.2, 0.25) is 5.60 Å². The molecule has 2 N–H and O–H groups in total. The number of carbonyl (C=O) groups is 1. The van der Waals surface area contributed by atoms with Crippen LogP contribution in [0.5, 0.6) is 0 Å². The van der Waals surface area contributed by atoms with E-state index in [9.17, 15) is 14.9 Å². The standard InChI is InChI=1S/C18H12ClN3O4S/c19-11-7-5-10(6-8-11)13-9-27-17(21-13)18(16(20)23)15(26-18)12-3-1-2-4-14(12)22(24)25/h1-9,15H,(H2,20,23)/t15-,18-/m0/s1. The van der Waals surface area contributed by atoms with Gasteiger partial charge in [-0.3, -0.25) is 14.9 Å². The highest BCUT2D eigenvalue weighted by Crippen LogP contribution is 2.59. The molecule has 9 heteroatoms. The maximum Gasteiger partial charge on any atom is 0.275 e. The van der Waals surface area contributed by atoms with Crippen LogP contribution in [0.1, 0.15) is 16.7 Å². The second-order valence-corrected chi connectivity index (χ2v) is 7.25. The molecule has 4 rings (SSSR count). The molecule has 1 saturated heterocycles. The first-order chi connectivity index (χ1) is 12.9. The fourth-order valence-corrected chi connectivity index (χ4v) is 4.08. The lowest BCUT2D eigenvalue weighted by atomic mass is 9.98. The maximum atomic E-state index is 12.2. The third-order valence-corrected chi connectivity index (χ3v) is 5.57. The molecule has 27 heavy (non-hydrogen) atoms. The summed E-state index contributed by atoms with van der Waals surface area (Å²) >= 11 is 7.12. The Hall–Kier alpha value is -2.81. The van der Waals surface area contributed by atoms with E-state index < -0.39 is 22.5 Å². The van der Waals surface area contributed by atoms with Gasteiger partial charge in [-0.2, -0.15) is 0 Å². The smallest absolute Gasteiger partial charge is 0.275 e. The predicted octanol–water partition coefficient (Wildman–Crippen LogP) is 3.82. The SMILES string of the molecule is NC(=O)[C@@]1(c2nc(-c3ccc(Cl)cc3)cs2)O[C@H]1c1ccccc1[N+](=O)[O-]. The number of para-hydroxylation sites is 1. The van der Waals surface area contributed by atoms with Gasteiger partial charge in [0, 0.05) is 22.0 Å². The van der Waals surface area contributed by atoms with Crippen LogP contribution < -0.4 is 5.73 Å². The number of aromatic nitrogens is 1. The van der Waals surface area contributed by atoms with Gasteiger partial charge in [-0.15, -0.1) is 11.3 Å². The molecule has 1 aliphatic heterocycles. The molecule has 0 spiro atoms. The highest BCUT2D eigenvalue weighted by molar-refractivity contribution is 7.10. The number of carbonyl (C=O) groups excluding carboxylic acids is 1. The van der Waals surface area contributed by atoms with E-state index in [1.165, 1.54) is 17.4 Å². The first-order valence-electron chi connectivity index (χ1n) is 7.86. The normalized spacial score (nSPS) is 21.0. The average molecular weight is 402 g/mol. The Labute approximate surface area is 162 Å². The molecule has 7 nitrogen and oxygen atoms in total. The summed E-state index contributed by atoms with van der Waals surface area (Å²) in [6, 6.07) is 13.2. The molecule has 1 aromatic heterocycles. The Balaban J connectivity index is 1.73. The number of hydrogen-bond donors (Lipinski definition) is 1. The quantitative estimate of drug-likeness (QED) is 0.396. The number of nitro benzene ring substituents is 1. The Kier molecular flexibility index (Phi) is 4.18. The van der Waals surface area contributed by atoms with Crippen LogP contribution in [0.25, 0.3) is 11.3 Å². The number of amides is 1. The molecule has 0 saturated carbocycles. The topological polar surface area (TPSA) is 112 Å². The van der Waals surface area contributed by atoms with Gasteiger partial charge in [0.25, 0.3) is 11.6 Å². The number of nitrogens with zero attached hydrogens (tertiary/aromatic N) is 2. The molecule has 2 aromatic carbocycles. The van der Waals surface area contributed by atoms with Gasteiger partial charge >= 0.3 is 0 Å². The zero-order valence-corrected chi connectivity index (χ0v) is 15.2. The summed E-state index contributed by atoms with van der Waals surface area (Å²) in [6.07, 6.45) is -0.846. The molecule has 1 fully saturated rings. The molecule has 1 aliphatic rings. The van der Waals surface area contributed by atoms with Crippen molar-refractivity contribution in [3.05, 3.63) is 79.6 Å². The minimum Gasteiger partial charge on any atom is -0.367 e. The minimum atomic E-state index is -1.50. The zero-order chi connectivity index (χ0) is 19.2. The second kappa shape index (κ2) is 6.41. The van der Waals surface area contributed by atoms with Crippen LogP contribution in [0, 0.1) is 10.1 Å². The molecule has 0 bridgehead atoms. The summed E-state index contributed by atoms with van der Waals surface area (Å²) in [7, 11) is 0.